The molecule has 0 radical (unpaired) electrons. The number of hydrogen-bond acceptors (Lipinski definition) is 5. The molecule has 0 atom stereocenters. The molecular weight excluding hydrogens is 397 g/mol. The molecule has 1 aliphatic rings. The molecule has 7 nitrogen and oxygen atoms in total. The highest BCUT2D eigenvalue weighted by Gasteiger charge is 2.21. The van der Waals surface area contributed by atoms with Gasteiger partial charge in [0.05, 0.1) is 17.8 Å². The molecule has 8 heteroatoms. The number of rotatable bonds is 4. The Morgan fingerprint density at radius 2 is 1.94 bits per heavy atom. The molecule has 1 N–H and O–H groups in total. The average Bonchev–Trinajstić information content (AvgIpc) is 3.22. The van der Waals surface area contributed by atoms with Crippen molar-refractivity contribution in [1.29, 1.82) is 0 Å². The van der Waals surface area contributed by atoms with Gasteiger partial charge >= 0.3 is 0 Å². The van der Waals surface area contributed by atoms with Crippen LogP contribution in [0.1, 0.15) is 16.1 Å². The summed E-state index contributed by atoms with van der Waals surface area (Å²) in [5.41, 5.74) is 2.74. The summed E-state index contributed by atoms with van der Waals surface area (Å²) in [6.07, 6.45) is 1.54. The molecule has 0 saturated carbocycles. The van der Waals surface area contributed by atoms with Crippen LogP contribution in [0.2, 0.25) is 0 Å². The van der Waals surface area contributed by atoms with Gasteiger partial charge < -0.3 is 10.1 Å². The molecule has 0 bridgehead atoms. The summed E-state index contributed by atoms with van der Waals surface area (Å²) >= 11 is 0. The molecule has 3 heterocycles. The Balaban J connectivity index is 1.54. The van der Waals surface area contributed by atoms with Crippen molar-refractivity contribution < 1.29 is 13.9 Å². The first-order valence-electron chi connectivity index (χ1n) is 9.81. The minimum atomic E-state index is -0.495. The van der Waals surface area contributed by atoms with Crippen LogP contribution in [0.3, 0.4) is 0 Å². The van der Waals surface area contributed by atoms with Gasteiger partial charge in [-0.1, -0.05) is 23.8 Å². The van der Waals surface area contributed by atoms with Crippen molar-refractivity contribution in [3.8, 4) is 34.3 Å². The fourth-order valence-electron chi connectivity index (χ4n) is 3.42. The Kier molecular flexibility index (Phi) is 4.66. The summed E-state index contributed by atoms with van der Waals surface area (Å²) < 4.78 is 22.4. The second-order valence-electron chi connectivity index (χ2n) is 7.19. The lowest BCUT2D eigenvalue weighted by Gasteiger charge is -2.13. The van der Waals surface area contributed by atoms with Crippen molar-refractivity contribution in [2.45, 2.75) is 13.5 Å². The van der Waals surface area contributed by atoms with Crippen LogP contribution in [0.5, 0.6) is 11.5 Å². The zero-order valence-electron chi connectivity index (χ0n) is 16.7. The molecule has 0 saturated heterocycles. The number of aromatic nitrogens is 4. The summed E-state index contributed by atoms with van der Waals surface area (Å²) in [5.74, 6) is 0.395. The molecule has 5 rings (SSSR count). The summed E-state index contributed by atoms with van der Waals surface area (Å²) in [7, 11) is 0. The molecule has 31 heavy (non-hydrogen) atoms. The molecule has 4 aromatic rings. The SMILES string of the molecule is Cc1ccc(Oc2cccc(F)c2-c2nccc(-c3cc4n(n3)CCNC4=O)n2)cc1. The smallest absolute Gasteiger partial charge is 0.269 e. The number of ether oxygens (including phenoxy) is 1. The van der Waals surface area contributed by atoms with E-state index in [1.165, 1.54) is 12.3 Å². The Labute approximate surface area is 177 Å². The number of amides is 1. The van der Waals surface area contributed by atoms with E-state index in [9.17, 15) is 9.18 Å². The standard InChI is InChI=1S/C23H18FN5O2/c1-14-5-7-15(8-6-14)31-20-4-2-3-16(24)21(20)22-25-10-9-17(27-22)18-13-19-23(30)26-11-12-29(19)28-18/h2-10,13H,11-12H2,1H3,(H,26,30). The first kappa shape index (κ1) is 18.9. The van der Waals surface area contributed by atoms with Gasteiger partial charge in [0, 0.05) is 12.7 Å². The number of nitrogens with zero attached hydrogens (tertiary/aromatic N) is 4. The summed E-state index contributed by atoms with van der Waals surface area (Å²) in [6, 6.07) is 15.4. The monoisotopic (exact) mass is 415 g/mol. The Morgan fingerprint density at radius 3 is 2.74 bits per heavy atom. The number of aryl methyl sites for hydroxylation is 1. The molecule has 154 valence electrons. The van der Waals surface area contributed by atoms with Gasteiger partial charge in [-0.15, -0.1) is 0 Å². The summed E-state index contributed by atoms with van der Waals surface area (Å²) in [4.78, 5) is 20.8. The third-order valence-corrected chi connectivity index (χ3v) is 4.99. The van der Waals surface area contributed by atoms with E-state index in [0.29, 0.717) is 41.7 Å². The highest BCUT2D eigenvalue weighted by atomic mass is 19.1. The van der Waals surface area contributed by atoms with E-state index < -0.39 is 5.82 Å². The second-order valence-corrected chi connectivity index (χ2v) is 7.19. The number of halogens is 1. The van der Waals surface area contributed by atoms with Crippen molar-refractivity contribution in [3.63, 3.8) is 0 Å². The van der Waals surface area contributed by atoms with Crippen LogP contribution in [0.25, 0.3) is 22.8 Å². The van der Waals surface area contributed by atoms with Gasteiger partial charge in [-0.25, -0.2) is 14.4 Å². The molecule has 1 aliphatic heterocycles. The van der Waals surface area contributed by atoms with E-state index in [1.54, 1.807) is 28.9 Å². The van der Waals surface area contributed by atoms with Crippen LogP contribution in [0.15, 0.2) is 60.8 Å². The Bertz CT molecular complexity index is 1280. The molecule has 2 aromatic carbocycles. The van der Waals surface area contributed by atoms with Gasteiger partial charge in [0.1, 0.15) is 28.7 Å². The van der Waals surface area contributed by atoms with Gasteiger partial charge in [0.15, 0.2) is 5.82 Å². The topological polar surface area (TPSA) is 81.9 Å². The van der Waals surface area contributed by atoms with E-state index in [2.05, 4.69) is 20.4 Å². The van der Waals surface area contributed by atoms with Gasteiger partial charge in [0.2, 0.25) is 0 Å². The van der Waals surface area contributed by atoms with Crippen molar-refractivity contribution in [3.05, 3.63) is 77.9 Å². The fraction of sp³-hybridized carbons (Fsp3) is 0.130. The predicted octanol–water partition coefficient (Wildman–Crippen LogP) is 3.99. The van der Waals surface area contributed by atoms with Crippen molar-refractivity contribution in [2.24, 2.45) is 0 Å². The number of nitrogens with one attached hydrogen (secondary N) is 1. The third kappa shape index (κ3) is 3.63. The van der Waals surface area contributed by atoms with Crippen LogP contribution in [-0.2, 0) is 6.54 Å². The molecular formula is C23H18FN5O2. The van der Waals surface area contributed by atoms with Crippen LogP contribution in [-0.4, -0.2) is 32.2 Å². The van der Waals surface area contributed by atoms with Crippen molar-refractivity contribution >= 4 is 5.91 Å². The summed E-state index contributed by atoms with van der Waals surface area (Å²) in [6.45, 7) is 3.09. The van der Waals surface area contributed by atoms with Crippen LogP contribution in [0.4, 0.5) is 4.39 Å². The highest BCUT2D eigenvalue weighted by Crippen LogP contribution is 2.34. The molecule has 0 unspecified atom stereocenters. The fourth-order valence-corrected chi connectivity index (χ4v) is 3.42. The number of fused-ring (bicyclic) bond motifs is 1. The number of carbonyl (C=O) groups excluding carboxylic acids is 1. The zero-order valence-corrected chi connectivity index (χ0v) is 16.7. The minimum absolute atomic E-state index is 0.159. The van der Waals surface area contributed by atoms with Gasteiger partial charge in [0.25, 0.3) is 5.91 Å². The number of carbonyl (C=O) groups is 1. The normalized spacial score (nSPS) is 12.9. The first-order chi connectivity index (χ1) is 15.1. The summed E-state index contributed by atoms with van der Waals surface area (Å²) in [5, 5.41) is 7.25. The van der Waals surface area contributed by atoms with E-state index in [4.69, 9.17) is 4.74 Å². The maximum Gasteiger partial charge on any atom is 0.269 e. The zero-order chi connectivity index (χ0) is 21.4. The average molecular weight is 415 g/mol. The lowest BCUT2D eigenvalue weighted by atomic mass is 10.1. The Hall–Kier alpha value is -4.07. The van der Waals surface area contributed by atoms with Gasteiger partial charge in [-0.2, -0.15) is 5.10 Å². The van der Waals surface area contributed by atoms with E-state index in [0.717, 1.165) is 5.56 Å². The third-order valence-electron chi connectivity index (χ3n) is 4.99. The van der Waals surface area contributed by atoms with E-state index in [1.807, 2.05) is 31.2 Å². The maximum atomic E-state index is 14.8. The largest absolute Gasteiger partial charge is 0.456 e. The van der Waals surface area contributed by atoms with Gasteiger partial charge in [-0.05, 0) is 43.3 Å². The molecule has 2 aromatic heterocycles. The van der Waals surface area contributed by atoms with Crippen LogP contribution < -0.4 is 10.1 Å². The number of hydrogen-bond donors (Lipinski definition) is 1. The quantitative estimate of drug-likeness (QED) is 0.545. The molecule has 0 spiro atoms. The second kappa shape index (κ2) is 7.64. The minimum Gasteiger partial charge on any atom is -0.456 e. The molecule has 0 aliphatic carbocycles. The Morgan fingerprint density at radius 1 is 1.10 bits per heavy atom. The van der Waals surface area contributed by atoms with Crippen LogP contribution >= 0.6 is 0 Å². The van der Waals surface area contributed by atoms with E-state index in [-0.39, 0.29) is 17.3 Å². The van der Waals surface area contributed by atoms with Gasteiger partial charge in [-0.3, -0.25) is 9.48 Å². The van der Waals surface area contributed by atoms with Crippen molar-refractivity contribution in [2.75, 3.05) is 6.54 Å². The predicted molar refractivity (Wildman–Crippen MR) is 112 cm³/mol. The number of benzene rings is 2. The molecule has 0 fully saturated rings. The molecule has 1 amide bonds. The van der Waals surface area contributed by atoms with E-state index >= 15 is 0 Å². The van der Waals surface area contributed by atoms with Crippen LogP contribution in [0, 0.1) is 12.7 Å². The van der Waals surface area contributed by atoms with Crippen molar-refractivity contribution in [1.82, 2.24) is 25.1 Å². The maximum absolute atomic E-state index is 14.8. The highest BCUT2D eigenvalue weighted by molar-refractivity contribution is 5.94. The first-order valence-corrected chi connectivity index (χ1v) is 9.81. The lowest BCUT2D eigenvalue weighted by Crippen LogP contribution is -2.35. The lowest BCUT2D eigenvalue weighted by molar-refractivity contribution is 0.0924.